The first kappa shape index (κ1) is 18.3. The Labute approximate surface area is 159 Å². The number of ether oxygens (including phenoxy) is 3. The van der Waals surface area contributed by atoms with Crippen LogP contribution in [0, 0.1) is 5.92 Å². The van der Waals surface area contributed by atoms with Crippen molar-refractivity contribution in [3.05, 3.63) is 23.8 Å². The molecule has 0 saturated carbocycles. The van der Waals surface area contributed by atoms with E-state index in [0.717, 1.165) is 25.9 Å². The van der Waals surface area contributed by atoms with Gasteiger partial charge in [0, 0.05) is 37.4 Å². The monoisotopic (exact) mass is 375 g/mol. The minimum Gasteiger partial charge on any atom is -0.486 e. The summed E-state index contributed by atoms with van der Waals surface area (Å²) in [6.45, 7) is 5.95. The lowest BCUT2D eigenvalue weighted by molar-refractivity contribution is -0.898. The van der Waals surface area contributed by atoms with E-state index in [1.165, 1.54) is 4.90 Å². The lowest BCUT2D eigenvalue weighted by Crippen LogP contribution is -3.14. The first-order chi connectivity index (χ1) is 13.2. The number of nitrogens with zero attached hydrogens (tertiary/aromatic N) is 1. The summed E-state index contributed by atoms with van der Waals surface area (Å²) in [4.78, 5) is 28.4. The number of carbonyl (C=O) groups excluding carboxylic acids is 2. The summed E-state index contributed by atoms with van der Waals surface area (Å²) in [7, 11) is 0. The minimum absolute atomic E-state index is 0.0230. The van der Waals surface area contributed by atoms with Gasteiger partial charge in [-0.1, -0.05) is 0 Å². The molecule has 0 aliphatic carbocycles. The normalized spacial score (nSPS) is 25.1. The zero-order chi connectivity index (χ0) is 18.6. The van der Waals surface area contributed by atoms with Crippen LogP contribution < -0.4 is 14.4 Å². The van der Waals surface area contributed by atoms with Gasteiger partial charge in [-0.25, -0.2) is 0 Å². The molecule has 3 aliphatic rings. The Morgan fingerprint density at radius 3 is 2.44 bits per heavy atom. The summed E-state index contributed by atoms with van der Waals surface area (Å²) < 4.78 is 16.4. The van der Waals surface area contributed by atoms with Gasteiger partial charge in [0.2, 0.25) is 0 Å². The molecule has 0 spiro atoms. The molecule has 2 saturated heterocycles. The van der Waals surface area contributed by atoms with Crippen molar-refractivity contribution in [2.45, 2.75) is 12.8 Å². The van der Waals surface area contributed by atoms with Crippen LogP contribution in [0.15, 0.2) is 18.2 Å². The Kier molecular flexibility index (Phi) is 5.59. The summed E-state index contributed by atoms with van der Waals surface area (Å²) >= 11 is 0. The largest absolute Gasteiger partial charge is 0.486 e. The first-order valence-electron chi connectivity index (χ1n) is 9.83. The van der Waals surface area contributed by atoms with Crippen LogP contribution in [0.5, 0.6) is 11.5 Å². The number of rotatable bonds is 4. The zero-order valence-electron chi connectivity index (χ0n) is 15.6. The van der Waals surface area contributed by atoms with Crippen molar-refractivity contribution in [3.8, 4) is 11.5 Å². The van der Waals surface area contributed by atoms with Crippen molar-refractivity contribution in [1.29, 1.82) is 0 Å². The van der Waals surface area contributed by atoms with E-state index in [1.54, 1.807) is 6.07 Å². The van der Waals surface area contributed by atoms with Gasteiger partial charge in [-0.15, -0.1) is 0 Å². The molecule has 1 N–H and O–H groups in total. The summed E-state index contributed by atoms with van der Waals surface area (Å²) in [5.41, 5.74) is 0.692. The van der Waals surface area contributed by atoms with Gasteiger partial charge in [0.25, 0.3) is 5.91 Å². The molecule has 1 aromatic carbocycles. The second-order valence-corrected chi connectivity index (χ2v) is 7.42. The molecular weight excluding hydrogens is 348 g/mol. The fraction of sp³-hybridized carbons (Fsp3) is 0.600. The Bertz CT molecular complexity index is 694. The summed E-state index contributed by atoms with van der Waals surface area (Å²) in [6, 6.07) is 5.46. The Hall–Kier alpha value is -2.12. The van der Waals surface area contributed by atoms with Crippen LogP contribution in [0.25, 0.3) is 0 Å². The van der Waals surface area contributed by atoms with Crippen LogP contribution in [-0.4, -0.2) is 75.7 Å². The number of hydrogen-bond acceptors (Lipinski definition) is 5. The van der Waals surface area contributed by atoms with Crippen molar-refractivity contribution < 1.29 is 28.7 Å². The molecule has 3 aliphatic heterocycles. The van der Waals surface area contributed by atoms with Gasteiger partial charge in [0.15, 0.2) is 23.8 Å². The van der Waals surface area contributed by atoms with E-state index in [4.69, 9.17) is 14.2 Å². The maximum atomic E-state index is 12.9. The lowest BCUT2D eigenvalue weighted by atomic mass is 9.88. The van der Waals surface area contributed by atoms with Gasteiger partial charge >= 0.3 is 0 Å². The maximum Gasteiger partial charge on any atom is 0.277 e. The molecule has 4 rings (SSSR count). The third-order valence-electron chi connectivity index (χ3n) is 5.66. The highest BCUT2D eigenvalue weighted by Gasteiger charge is 2.31. The van der Waals surface area contributed by atoms with Crippen molar-refractivity contribution >= 4 is 11.7 Å². The number of likely N-dealkylation sites (tertiary alicyclic amines) is 1. The molecule has 0 aromatic heterocycles. The highest BCUT2D eigenvalue weighted by Crippen LogP contribution is 2.32. The Morgan fingerprint density at radius 2 is 1.70 bits per heavy atom. The Balaban J connectivity index is 1.29. The SMILES string of the molecule is O=C(c1ccc2c(c1)OCCO2)C1CC[NH+](CC(=O)N2CCOCC2)CC1. The number of quaternary nitrogens is 1. The number of piperidine rings is 1. The fourth-order valence-electron chi connectivity index (χ4n) is 4.04. The number of hydrogen-bond donors (Lipinski definition) is 1. The standard InChI is InChI=1S/C20H26N2O5/c23-19(22-7-9-25-10-8-22)14-21-5-3-15(4-6-21)20(24)16-1-2-17-18(13-16)27-12-11-26-17/h1-2,13,15H,3-12,14H2/p+1. The summed E-state index contributed by atoms with van der Waals surface area (Å²) in [5.74, 6) is 1.76. The molecular formula is C20H27N2O5+. The van der Waals surface area contributed by atoms with Crippen molar-refractivity contribution in [1.82, 2.24) is 4.90 Å². The molecule has 3 heterocycles. The highest BCUT2D eigenvalue weighted by molar-refractivity contribution is 5.98. The molecule has 27 heavy (non-hydrogen) atoms. The third kappa shape index (κ3) is 4.25. The maximum absolute atomic E-state index is 12.9. The van der Waals surface area contributed by atoms with Gasteiger partial charge in [-0.05, 0) is 18.2 Å². The average molecular weight is 375 g/mol. The molecule has 7 nitrogen and oxygen atoms in total. The smallest absolute Gasteiger partial charge is 0.277 e. The lowest BCUT2D eigenvalue weighted by Gasteiger charge is -2.31. The molecule has 1 aromatic rings. The van der Waals surface area contributed by atoms with Gasteiger partial charge in [0.05, 0.1) is 26.3 Å². The van der Waals surface area contributed by atoms with Gasteiger partial charge in [-0.2, -0.15) is 0 Å². The fourth-order valence-corrected chi connectivity index (χ4v) is 4.04. The van der Waals surface area contributed by atoms with Gasteiger partial charge in [-0.3, -0.25) is 9.59 Å². The number of fused-ring (bicyclic) bond motifs is 1. The van der Waals surface area contributed by atoms with Crippen LogP contribution in [0.3, 0.4) is 0 Å². The summed E-state index contributed by atoms with van der Waals surface area (Å²) in [5, 5.41) is 0. The second-order valence-electron chi connectivity index (χ2n) is 7.42. The predicted octanol–water partition coefficient (Wildman–Crippen LogP) is -0.206. The van der Waals surface area contributed by atoms with Crippen molar-refractivity contribution in [2.75, 3.05) is 59.2 Å². The molecule has 0 atom stereocenters. The van der Waals surface area contributed by atoms with Crippen LogP contribution >= 0.6 is 0 Å². The average Bonchev–Trinajstić information content (AvgIpc) is 2.74. The number of ketones is 1. The second kappa shape index (κ2) is 8.27. The van der Waals surface area contributed by atoms with E-state index in [-0.39, 0.29) is 17.6 Å². The van der Waals surface area contributed by atoms with Gasteiger partial charge < -0.3 is 24.0 Å². The molecule has 2 fully saturated rings. The number of amides is 1. The highest BCUT2D eigenvalue weighted by atomic mass is 16.6. The van der Waals surface area contributed by atoms with Crippen molar-refractivity contribution in [3.63, 3.8) is 0 Å². The quantitative estimate of drug-likeness (QED) is 0.738. The third-order valence-corrected chi connectivity index (χ3v) is 5.66. The topological polar surface area (TPSA) is 69.5 Å². The summed E-state index contributed by atoms with van der Waals surface area (Å²) in [6.07, 6.45) is 1.64. The number of nitrogens with one attached hydrogen (secondary N) is 1. The number of carbonyl (C=O) groups is 2. The molecule has 1 amide bonds. The molecule has 0 radical (unpaired) electrons. The molecule has 0 unspecified atom stereocenters. The van der Waals surface area contributed by atoms with E-state index in [0.29, 0.717) is 63.1 Å². The van der Waals surface area contributed by atoms with Crippen LogP contribution in [-0.2, 0) is 9.53 Å². The first-order valence-corrected chi connectivity index (χ1v) is 9.83. The van der Waals surface area contributed by atoms with Crippen LogP contribution in [0.1, 0.15) is 23.2 Å². The number of Topliss-reactive ketones (excluding diaryl/α,β-unsaturated/α-hetero) is 1. The molecule has 146 valence electrons. The van der Waals surface area contributed by atoms with Crippen LogP contribution in [0.4, 0.5) is 0 Å². The van der Waals surface area contributed by atoms with E-state index >= 15 is 0 Å². The van der Waals surface area contributed by atoms with E-state index < -0.39 is 0 Å². The molecule has 0 bridgehead atoms. The zero-order valence-corrected chi connectivity index (χ0v) is 15.6. The van der Waals surface area contributed by atoms with Crippen molar-refractivity contribution in [2.24, 2.45) is 5.92 Å². The minimum atomic E-state index is 0.0230. The predicted molar refractivity (Wildman–Crippen MR) is 97.4 cm³/mol. The van der Waals surface area contributed by atoms with E-state index in [1.807, 2.05) is 17.0 Å². The number of morpholine rings is 1. The van der Waals surface area contributed by atoms with Crippen LogP contribution in [0.2, 0.25) is 0 Å². The number of benzene rings is 1. The van der Waals surface area contributed by atoms with Gasteiger partial charge in [0.1, 0.15) is 13.2 Å². The van der Waals surface area contributed by atoms with E-state index in [2.05, 4.69) is 0 Å². The van der Waals surface area contributed by atoms with E-state index in [9.17, 15) is 9.59 Å². The Morgan fingerprint density at radius 1 is 1.00 bits per heavy atom. The molecule has 7 heteroatoms.